The van der Waals surface area contributed by atoms with Gasteiger partial charge in [-0.1, -0.05) is 24.3 Å². The molecule has 0 saturated heterocycles. The largest absolute Gasteiger partial charge is 0.231 e. The minimum atomic E-state index is -1.18. The van der Waals surface area contributed by atoms with Crippen LogP contribution in [0.15, 0.2) is 24.3 Å². The standard InChI is InChI=1S/C9H8BrF/c10-9(11)5-7-3-1-2-4-8(7)6-9/h1-4H,5-6H2. The van der Waals surface area contributed by atoms with Crippen LogP contribution in [-0.2, 0) is 12.8 Å². The molecule has 0 atom stereocenters. The quantitative estimate of drug-likeness (QED) is 0.583. The lowest BCUT2D eigenvalue weighted by Gasteiger charge is -2.06. The van der Waals surface area contributed by atoms with Gasteiger partial charge in [0.05, 0.1) is 0 Å². The molecule has 2 rings (SSSR count). The molecule has 1 aromatic rings. The lowest BCUT2D eigenvalue weighted by molar-refractivity contribution is 0.313. The molecule has 11 heavy (non-hydrogen) atoms. The zero-order valence-electron chi connectivity index (χ0n) is 5.98. The van der Waals surface area contributed by atoms with Crippen LogP contribution in [-0.4, -0.2) is 4.58 Å². The second-order valence-corrected chi connectivity index (χ2v) is 4.40. The van der Waals surface area contributed by atoms with Gasteiger partial charge >= 0.3 is 0 Å². The summed E-state index contributed by atoms with van der Waals surface area (Å²) < 4.78 is 12.1. The van der Waals surface area contributed by atoms with Crippen molar-refractivity contribution < 1.29 is 4.39 Å². The van der Waals surface area contributed by atoms with Crippen molar-refractivity contribution in [3.8, 4) is 0 Å². The first kappa shape index (κ1) is 7.29. The van der Waals surface area contributed by atoms with E-state index in [1.54, 1.807) is 0 Å². The second kappa shape index (κ2) is 2.31. The molecule has 1 aliphatic rings. The average Bonchev–Trinajstić information content (AvgIpc) is 2.21. The van der Waals surface area contributed by atoms with Gasteiger partial charge in [-0.2, -0.15) is 0 Å². The Morgan fingerprint density at radius 1 is 1.18 bits per heavy atom. The van der Waals surface area contributed by atoms with Crippen molar-refractivity contribution in [1.82, 2.24) is 0 Å². The van der Waals surface area contributed by atoms with Crippen LogP contribution < -0.4 is 0 Å². The van der Waals surface area contributed by atoms with Crippen molar-refractivity contribution >= 4 is 15.9 Å². The monoisotopic (exact) mass is 214 g/mol. The molecular formula is C9H8BrF. The van der Waals surface area contributed by atoms with Crippen molar-refractivity contribution in [2.24, 2.45) is 0 Å². The summed E-state index contributed by atoms with van der Waals surface area (Å²) in [5, 5.41) is 0. The number of fused-ring (bicyclic) bond motifs is 1. The molecular weight excluding hydrogens is 207 g/mol. The van der Waals surface area contributed by atoms with E-state index in [9.17, 15) is 4.39 Å². The van der Waals surface area contributed by atoms with E-state index in [1.165, 1.54) is 0 Å². The first-order valence-electron chi connectivity index (χ1n) is 3.62. The summed E-state index contributed by atoms with van der Waals surface area (Å²) in [6.07, 6.45) is 1.01. The Morgan fingerprint density at radius 3 is 2.09 bits per heavy atom. The third-order valence-corrected chi connectivity index (χ3v) is 2.58. The highest BCUT2D eigenvalue weighted by atomic mass is 79.9. The van der Waals surface area contributed by atoms with Crippen LogP contribution >= 0.6 is 15.9 Å². The molecule has 0 unspecified atom stereocenters. The van der Waals surface area contributed by atoms with E-state index in [4.69, 9.17) is 0 Å². The summed E-state index contributed by atoms with van der Waals surface area (Å²) in [4.78, 5) is 0. The number of hydrogen-bond donors (Lipinski definition) is 0. The van der Waals surface area contributed by atoms with Gasteiger partial charge < -0.3 is 0 Å². The van der Waals surface area contributed by atoms with E-state index in [2.05, 4.69) is 15.9 Å². The minimum absolute atomic E-state index is 0.503. The summed E-state index contributed by atoms with van der Waals surface area (Å²) in [6, 6.07) is 7.87. The number of alkyl halides is 2. The van der Waals surface area contributed by atoms with E-state index in [0.29, 0.717) is 12.8 Å². The maximum absolute atomic E-state index is 13.3. The summed E-state index contributed by atoms with van der Waals surface area (Å²) in [7, 11) is 0. The highest BCUT2D eigenvalue weighted by molar-refractivity contribution is 9.10. The van der Waals surface area contributed by atoms with Gasteiger partial charge in [0.15, 0.2) is 4.58 Å². The van der Waals surface area contributed by atoms with E-state index in [-0.39, 0.29) is 0 Å². The molecule has 0 fully saturated rings. The fourth-order valence-corrected chi connectivity index (χ4v) is 2.13. The third-order valence-electron chi connectivity index (χ3n) is 2.02. The number of hydrogen-bond acceptors (Lipinski definition) is 0. The predicted octanol–water partition coefficient (Wildman–Crippen LogP) is 2.85. The van der Waals surface area contributed by atoms with Gasteiger partial charge in [-0.3, -0.25) is 0 Å². The third kappa shape index (κ3) is 1.32. The van der Waals surface area contributed by atoms with Crippen molar-refractivity contribution in [2.75, 3.05) is 0 Å². The van der Waals surface area contributed by atoms with Crippen LogP contribution in [0.2, 0.25) is 0 Å². The molecule has 0 heterocycles. The molecule has 0 spiro atoms. The molecule has 2 heteroatoms. The lowest BCUT2D eigenvalue weighted by atomic mass is 10.1. The number of benzene rings is 1. The van der Waals surface area contributed by atoms with Crippen molar-refractivity contribution in [3.05, 3.63) is 35.4 Å². The molecule has 0 bridgehead atoms. The van der Waals surface area contributed by atoms with Gasteiger partial charge in [-0.05, 0) is 27.1 Å². The summed E-state index contributed by atoms with van der Waals surface area (Å²) in [5.41, 5.74) is 2.26. The first-order valence-corrected chi connectivity index (χ1v) is 4.41. The smallest absolute Gasteiger partial charge is 0.173 e. The van der Waals surface area contributed by atoms with Gasteiger partial charge in [0.2, 0.25) is 0 Å². The Labute approximate surface area is 73.6 Å². The Kier molecular flexibility index (Phi) is 1.53. The highest BCUT2D eigenvalue weighted by Gasteiger charge is 2.33. The van der Waals surface area contributed by atoms with Crippen LogP contribution in [0.3, 0.4) is 0 Å². The van der Waals surface area contributed by atoms with Crippen molar-refractivity contribution in [3.63, 3.8) is 0 Å². The molecule has 1 aliphatic carbocycles. The molecule has 0 saturated carbocycles. The summed E-state index contributed by atoms with van der Waals surface area (Å²) >= 11 is 3.06. The van der Waals surface area contributed by atoms with Crippen LogP contribution in [0.1, 0.15) is 11.1 Å². The molecule has 0 N–H and O–H groups in total. The Balaban J connectivity index is 2.41. The van der Waals surface area contributed by atoms with E-state index >= 15 is 0 Å². The topological polar surface area (TPSA) is 0 Å². The zero-order valence-corrected chi connectivity index (χ0v) is 7.57. The predicted molar refractivity (Wildman–Crippen MR) is 46.6 cm³/mol. The zero-order chi connectivity index (χ0) is 7.90. The molecule has 0 aliphatic heterocycles. The highest BCUT2D eigenvalue weighted by Crippen LogP contribution is 2.37. The van der Waals surface area contributed by atoms with Gasteiger partial charge in [-0.25, -0.2) is 4.39 Å². The SMILES string of the molecule is FC1(Br)Cc2ccccc2C1. The average molecular weight is 215 g/mol. The Bertz CT molecular complexity index is 254. The maximum Gasteiger partial charge on any atom is 0.173 e. The maximum atomic E-state index is 13.3. The molecule has 1 aromatic carbocycles. The van der Waals surface area contributed by atoms with E-state index < -0.39 is 4.58 Å². The van der Waals surface area contributed by atoms with Gasteiger partial charge in [0.25, 0.3) is 0 Å². The normalized spacial score (nSPS) is 19.8. The molecule has 58 valence electrons. The summed E-state index contributed by atoms with van der Waals surface area (Å²) in [6.45, 7) is 0. The van der Waals surface area contributed by atoms with Crippen LogP contribution in [0.4, 0.5) is 4.39 Å². The van der Waals surface area contributed by atoms with E-state index in [0.717, 1.165) is 11.1 Å². The fourth-order valence-electron chi connectivity index (χ4n) is 1.52. The minimum Gasteiger partial charge on any atom is -0.231 e. The molecule has 0 nitrogen and oxygen atoms in total. The fraction of sp³-hybridized carbons (Fsp3) is 0.333. The Hall–Kier alpha value is -0.370. The van der Waals surface area contributed by atoms with Crippen LogP contribution in [0.5, 0.6) is 0 Å². The van der Waals surface area contributed by atoms with Crippen LogP contribution in [0.25, 0.3) is 0 Å². The Morgan fingerprint density at radius 2 is 1.64 bits per heavy atom. The second-order valence-electron chi connectivity index (χ2n) is 2.98. The lowest BCUT2D eigenvalue weighted by Crippen LogP contribution is -2.11. The van der Waals surface area contributed by atoms with Crippen molar-refractivity contribution in [1.29, 1.82) is 0 Å². The molecule has 0 aromatic heterocycles. The van der Waals surface area contributed by atoms with Crippen LogP contribution in [0, 0.1) is 0 Å². The number of rotatable bonds is 0. The summed E-state index contributed by atoms with van der Waals surface area (Å²) in [5.74, 6) is 0. The number of halogens is 2. The van der Waals surface area contributed by atoms with Crippen molar-refractivity contribution in [2.45, 2.75) is 17.4 Å². The molecule has 0 radical (unpaired) electrons. The van der Waals surface area contributed by atoms with E-state index in [1.807, 2.05) is 24.3 Å². The molecule has 0 amide bonds. The van der Waals surface area contributed by atoms with Gasteiger partial charge in [0.1, 0.15) is 0 Å². The van der Waals surface area contributed by atoms with Gasteiger partial charge in [-0.15, -0.1) is 0 Å². The first-order chi connectivity index (χ1) is 5.17. The van der Waals surface area contributed by atoms with Gasteiger partial charge in [0, 0.05) is 12.8 Å².